The van der Waals surface area contributed by atoms with Gasteiger partial charge < -0.3 is 13.6 Å². The van der Waals surface area contributed by atoms with E-state index in [9.17, 15) is 4.79 Å². The van der Waals surface area contributed by atoms with Crippen LogP contribution >= 0.6 is 0 Å². The Morgan fingerprint density at radius 1 is 0.833 bits per heavy atom. The van der Waals surface area contributed by atoms with E-state index in [1.165, 1.54) is 6.92 Å². The number of rotatable bonds is 7. The normalized spacial score (nSPS) is 12.9. The second kappa shape index (κ2) is 8.75. The lowest BCUT2D eigenvalue weighted by Gasteiger charge is -2.39. The van der Waals surface area contributed by atoms with Crippen molar-refractivity contribution in [2.75, 3.05) is 0 Å². The Bertz CT molecular complexity index is 767. The van der Waals surface area contributed by atoms with Gasteiger partial charge in [-0.3, -0.25) is 4.79 Å². The van der Waals surface area contributed by atoms with Gasteiger partial charge in [0.25, 0.3) is 16.6 Å². The summed E-state index contributed by atoms with van der Waals surface area (Å²) in [4.78, 5) is 11.9. The van der Waals surface area contributed by atoms with Crippen molar-refractivity contribution in [1.29, 1.82) is 0 Å². The van der Waals surface area contributed by atoms with Crippen LogP contribution in [0.4, 0.5) is 0 Å². The van der Waals surface area contributed by atoms with Crippen molar-refractivity contribution in [3.05, 3.63) is 30.4 Å². The standard InChI is InChI=1S/C24H40O4Si2/c1-14-18-20(27-29(10,11)23(4,5)6)16-21(28-30(12,13)24(7,8)9)19(15-2)22(18)26-17(3)25/h14-16H,1-2H2,3-13H3. The lowest BCUT2D eigenvalue weighted by atomic mass is 10.1. The molecular weight excluding hydrogens is 408 g/mol. The van der Waals surface area contributed by atoms with Gasteiger partial charge in [0.05, 0.1) is 11.1 Å². The van der Waals surface area contributed by atoms with Crippen LogP contribution in [0.3, 0.4) is 0 Å². The van der Waals surface area contributed by atoms with E-state index in [1.807, 2.05) is 6.07 Å². The first-order valence-corrected chi connectivity index (χ1v) is 16.2. The molecule has 0 aromatic heterocycles. The molecule has 0 aliphatic heterocycles. The smallest absolute Gasteiger partial charge is 0.308 e. The topological polar surface area (TPSA) is 44.8 Å². The van der Waals surface area contributed by atoms with Gasteiger partial charge in [-0.15, -0.1) is 0 Å². The number of hydrogen-bond acceptors (Lipinski definition) is 4. The third-order valence-electron chi connectivity index (χ3n) is 6.28. The van der Waals surface area contributed by atoms with E-state index in [0.717, 1.165) is 0 Å². The van der Waals surface area contributed by atoms with Crippen LogP contribution in [0, 0.1) is 0 Å². The van der Waals surface area contributed by atoms with Gasteiger partial charge >= 0.3 is 5.97 Å². The molecular formula is C24H40O4Si2. The summed E-state index contributed by atoms with van der Waals surface area (Å²) in [5, 5.41) is 0.00912. The highest BCUT2D eigenvalue weighted by atomic mass is 28.4. The van der Waals surface area contributed by atoms with Crippen molar-refractivity contribution in [3.8, 4) is 17.2 Å². The minimum absolute atomic E-state index is 0.00456. The minimum atomic E-state index is -2.16. The van der Waals surface area contributed by atoms with Crippen molar-refractivity contribution in [2.24, 2.45) is 0 Å². The molecule has 6 heteroatoms. The Balaban J connectivity index is 3.83. The van der Waals surface area contributed by atoms with E-state index in [-0.39, 0.29) is 10.1 Å². The van der Waals surface area contributed by atoms with Gasteiger partial charge in [-0.1, -0.05) is 66.9 Å². The quantitative estimate of drug-likeness (QED) is 0.244. The average molecular weight is 449 g/mol. The predicted octanol–water partition coefficient (Wildman–Crippen LogP) is 7.67. The molecule has 30 heavy (non-hydrogen) atoms. The van der Waals surface area contributed by atoms with Gasteiger partial charge in [-0.2, -0.15) is 0 Å². The van der Waals surface area contributed by atoms with E-state index in [0.29, 0.717) is 28.4 Å². The first-order chi connectivity index (χ1) is 13.4. The summed E-state index contributed by atoms with van der Waals surface area (Å²) in [6, 6.07) is 1.92. The van der Waals surface area contributed by atoms with Crippen LogP contribution in [-0.4, -0.2) is 22.6 Å². The number of ether oxygens (including phenoxy) is 1. The molecule has 0 aliphatic carbocycles. The Kier molecular flexibility index (Phi) is 7.65. The van der Waals surface area contributed by atoms with Crippen LogP contribution in [-0.2, 0) is 4.79 Å². The van der Waals surface area contributed by atoms with Crippen molar-refractivity contribution in [3.63, 3.8) is 0 Å². The molecule has 0 fully saturated rings. The van der Waals surface area contributed by atoms with Gasteiger partial charge in [0.2, 0.25) is 0 Å². The Morgan fingerprint density at radius 3 is 1.40 bits per heavy atom. The molecule has 0 unspecified atom stereocenters. The molecule has 0 saturated carbocycles. The van der Waals surface area contributed by atoms with E-state index < -0.39 is 22.6 Å². The average Bonchev–Trinajstić information content (AvgIpc) is 2.51. The lowest BCUT2D eigenvalue weighted by molar-refractivity contribution is -0.131. The molecule has 0 atom stereocenters. The van der Waals surface area contributed by atoms with Crippen molar-refractivity contribution < 1.29 is 18.4 Å². The summed E-state index contributed by atoms with van der Waals surface area (Å²) < 4.78 is 18.9. The summed E-state index contributed by atoms with van der Waals surface area (Å²) in [5.74, 6) is 1.24. The zero-order chi connectivity index (χ0) is 23.7. The van der Waals surface area contributed by atoms with Gasteiger partial charge in [0.15, 0.2) is 5.75 Å². The van der Waals surface area contributed by atoms with Gasteiger partial charge in [-0.05, 0) is 36.3 Å². The van der Waals surface area contributed by atoms with Crippen molar-refractivity contribution >= 4 is 34.8 Å². The number of esters is 1. The van der Waals surface area contributed by atoms with E-state index >= 15 is 0 Å². The number of carbonyl (C=O) groups is 1. The van der Waals surface area contributed by atoms with Crippen LogP contribution in [0.25, 0.3) is 12.2 Å². The highest BCUT2D eigenvalue weighted by Gasteiger charge is 2.42. The summed E-state index contributed by atoms with van der Waals surface area (Å²) in [6.45, 7) is 31.1. The molecule has 1 aromatic rings. The molecule has 0 heterocycles. The fourth-order valence-electron chi connectivity index (χ4n) is 2.31. The van der Waals surface area contributed by atoms with E-state index in [1.54, 1.807) is 12.2 Å². The van der Waals surface area contributed by atoms with Gasteiger partial charge in [-0.25, -0.2) is 0 Å². The van der Waals surface area contributed by atoms with Crippen molar-refractivity contribution in [1.82, 2.24) is 0 Å². The first kappa shape index (κ1) is 26.2. The predicted molar refractivity (Wildman–Crippen MR) is 134 cm³/mol. The lowest BCUT2D eigenvalue weighted by Crippen LogP contribution is -2.44. The fourth-order valence-corrected chi connectivity index (χ4v) is 4.36. The molecule has 0 radical (unpaired) electrons. The van der Waals surface area contributed by atoms with Gasteiger partial charge in [0.1, 0.15) is 11.5 Å². The number of carbonyl (C=O) groups excluding carboxylic acids is 1. The highest BCUT2D eigenvalue weighted by Crippen LogP contribution is 2.47. The molecule has 0 aliphatic rings. The largest absolute Gasteiger partial charge is 0.543 e. The third-order valence-corrected chi connectivity index (χ3v) is 15.0. The molecule has 4 nitrogen and oxygen atoms in total. The van der Waals surface area contributed by atoms with Crippen LogP contribution in [0.2, 0.25) is 36.3 Å². The minimum Gasteiger partial charge on any atom is -0.543 e. The second-order valence-electron chi connectivity index (χ2n) is 10.8. The SMILES string of the molecule is C=Cc1c(O[Si](C)(C)C(C)(C)C)cc(O[Si](C)(C)C(C)(C)C)c(C=C)c1OC(C)=O. The third kappa shape index (κ3) is 5.67. The molecule has 0 N–H and O–H groups in total. The summed E-state index contributed by atoms with van der Waals surface area (Å²) >= 11 is 0. The molecule has 1 aromatic carbocycles. The van der Waals surface area contributed by atoms with Crippen LogP contribution in [0.1, 0.15) is 59.6 Å². The number of benzene rings is 1. The summed E-state index contributed by atoms with van der Waals surface area (Å²) in [7, 11) is -4.32. The Labute approximate surface area is 185 Å². The molecule has 0 spiro atoms. The first-order valence-electron chi connectivity index (χ1n) is 10.4. The molecule has 0 saturated heterocycles. The van der Waals surface area contributed by atoms with Crippen LogP contribution < -0.4 is 13.6 Å². The van der Waals surface area contributed by atoms with E-state index in [4.69, 9.17) is 13.6 Å². The summed E-state index contributed by atoms with van der Waals surface area (Å²) in [5.41, 5.74) is 1.29. The maximum absolute atomic E-state index is 11.9. The summed E-state index contributed by atoms with van der Waals surface area (Å²) in [6.07, 6.45) is 3.34. The van der Waals surface area contributed by atoms with Crippen LogP contribution in [0.5, 0.6) is 17.2 Å². The Morgan fingerprint density at radius 2 is 1.17 bits per heavy atom. The number of hydrogen-bond donors (Lipinski definition) is 0. The molecule has 168 valence electrons. The zero-order valence-electron chi connectivity index (χ0n) is 20.8. The van der Waals surface area contributed by atoms with E-state index in [2.05, 4.69) is 80.9 Å². The molecule has 1 rings (SSSR count). The fraction of sp³-hybridized carbons (Fsp3) is 0.542. The maximum Gasteiger partial charge on any atom is 0.308 e. The zero-order valence-corrected chi connectivity index (χ0v) is 22.8. The Hall–Kier alpha value is -1.80. The molecule has 0 amide bonds. The highest BCUT2D eigenvalue weighted by molar-refractivity contribution is 6.75. The van der Waals surface area contributed by atoms with Crippen molar-refractivity contribution in [2.45, 2.75) is 84.7 Å². The second-order valence-corrected chi connectivity index (χ2v) is 20.2. The maximum atomic E-state index is 11.9. The monoisotopic (exact) mass is 448 g/mol. The molecule has 0 bridgehead atoms. The van der Waals surface area contributed by atoms with Gasteiger partial charge in [0, 0.05) is 13.0 Å². The van der Waals surface area contributed by atoms with Crippen LogP contribution in [0.15, 0.2) is 19.2 Å².